The topological polar surface area (TPSA) is 111 Å². The molecular formula is C23H28Cl4N2O7S. The summed E-state index contributed by atoms with van der Waals surface area (Å²) in [4.78, 5) is 51.0. The maximum Gasteiger partial charge on any atom is 0.508 e. The number of carbonyl (C=O) groups is 4. The maximum absolute atomic E-state index is 12.9. The molecule has 4 atom stereocenters. The third kappa shape index (κ3) is 10.6. The van der Waals surface area contributed by atoms with E-state index in [-0.39, 0.29) is 18.1 Å². The number of ether oxygens (including phenoxy) is 3. The molecule has 1 aromatic carbocycles. The van der Waals surface area contributed by atoms with Gasteiger partial charge in [0.25, 0.3) is 5.91 Å². The molecule has 206 valence electrons. The number of nitrogens with zero attached hydrogens (tertiary/aromatic N) is 1. The van der Waals surface area contributed by atoms with Crippen molar-refractivity contribution in [2.24, 2.45) is 0 Å². The average Bonchev–Trinajstić information content (AvgIpc) is 2.77. The van der Waals surface area contributed by atoms with Crippen molar-refractivity contribution >= 4 is 82.1 Å². The van der Waals surface area contributed by atoms with Crippen LogP contribution in [0.4, 0.5) is 4.79 Å². The summed E-state index contributed by atoms with van der Waals surface area (Å²) in [6.45, 7) is 6.11. The van der Waals surface area contributed by atoms with Crippen LogP contribution in [-0.4, -0.2) is 73.6 Å². The van der Waals surface area contributed by atoms with Crippen LogP contribution in [0.1, 0.15) is 33.3 Å². The molecule has 2 amide bonds. The van der Waals surface area contributed by atoms with Gasteiger partial charge in [-0.05, 0) is 33.3 Å². The van der Waals surface area contributed by atoms with E-state index < -0.39 is 57.1 Å². The molecule has 1 aliphatic rings. The fourth-order valence-electron chi connectivity index (χ4n) is 3.11. The van der Waals surface area contributed by atoms with Crippen LogP contribution in [0.5, 0.6) is 0 Å². The predicted molar refractivity (Wildman–Crippen MR) is 143 cm³/mol. The second kappa shape index (κ2) is 13.5. The van der Waals surface area contributed by atoms with E-state index in [1.54, 1.807) is 52.0 Å². The number of hydrogen-bond donors (Lipinski definition) is 1. The molecule has 14 heteroatoms. The number of carbonyl (C=O) groups excluding carboxylic acids is 4. The quantitative estimate of drug-likeness (QED) is 0.178. The van der Waals surface area contributed by atoms with Crippen LogP contribution >= 0.6 is 58.2 Å². The molecule has 1 saturated heterocycles. The standard InChI is InChI=1S/C23H28Cl4N2O7S/c1-13(35-21(33)34-12-23(25,26)27)11-37-19-16(28-15(30)10-14-8-6-5-7-9-14)18(31)29(19)17(24)20(32)36-22(2,3)4/h5-9,13,16-17,19H,10-12H2,1-4H3,(H,28,30)/t13?,16-,17?,19-/m1/s1. The molecule has 1 aliphatic heterocycles. The second-order valence-electron chi connectivity index (χ2n) is 9.13. The summed E-state index contributed by atoms with van der Waals surface area (Å²) in [6, 6.07) is 8.06. The van der Waals surface area contributed by atoms with E-state index in [4.69, 9.17) is 60.6 Å². The number of hydrogen-bond acceptors (Lipinski definition) is 8. The second-order valence-corrected chi connectivity index (χ2v) is 13.2. The smallest absolute Gasteiger partial charge is 0.458 e. The highest BCUT2D eigenvalue weighted by molar-refractivity contribution is 8.00. The van der Waals surface area contributed by atoms with Gasteiger partial charge < -0.3 is 19.5 Å². The Kier molecular flexibility index (Phi) is 11.5. The van der Waals surface area contributed by atoms with Gasteiger partial charge in [-0.3, -0.25) is 14.5 Å². The molecule has 9 nitrogen and oxygen atoms in total. The fourth-order valence-corrected chi connectivity index (χ4v) is 4.91. The summed E-state index contributed by atoms with van der Waals surface area (Å²) in [5.74, 6) is -1.56. The van der Waals surface area contributed by atoms with Gasteiger partial charge in [-0.1, -0.05) is 76.7 Å². The lowest BCUT2D eigenvalue weighted by molar-refractivity contribution is -0.167. The molecule has 1 aromatic rings. The van der Waals surface area contributed by atoms with Crippen molar-refractivity contribution in [1.29, 1.82) is 0 Å². The molecule has 2 unspecified atom stereocenters. The number of β-lactam (4-membered cyclic amide) rings is 1. The Hall–Kier alpha value is -1.59. The molecule has 0 radical (unpaired) electrons. The van der Waals surface area contributed by atoms with Gasteiger partial charge in [-0.2, -0.15) is 0 Å². The number of amides is 2. The number of thioether (sulfide) groups is 1. The van der Waals surface area contributed by atoms with Crippen molar-refractivity contribution < 1.29 is 33.4 Å². The minimum Gasteiger partial charge on any atom is -0.458 e. The van der Waals surface area contributed by atoms with E-state index in [2.05, 4.69) is 5.32 Å². The lowest BCUT2D eigenvalue weighted by Gasteiger charge is -2.48. The van der Waals surface area contributed by atoms with Gasteiger partial charge in [-0.15, -0.1) is 11.8 Å². The highest BCUT2D eigenvalue weighted by Crippen LogP contribution is 2.35. The Morgan fingerprint density at radius 2 is 1.76 bits per heavy atom. The zero-order valence-corrected chi connectivity index (χ0v) is 24.4. The van der Waals surface area contributed by atoms with Crippen LogP contribution < -0.4 is 5.32 Å². The van der Waals surface area contributed by atoms with Crippen LogP contribution in [-0.2, 0) is 35.0 Å². The van der Waals surface area contributed by atoms with Crippen LogP contribution in [0.2, 0.25) is 0 Å². The van der Waals surface area contributed by atoms with Crippen molar-refractivity contribution in [1.82, 2.24) is 10.2 Å². The molecule has 1 fully saturated rings. The number of alkyl halides is 4. The van der Waals surface area contributed by atoms with Gasteiger partial charge in [0.2, 0.25) is 15.2 Å². The van der Waals surface area contributed by atoms with Crippen molar-refractivity contribution in [3.8, 4) is 0 Å². The fraction of sp³-hybridized carbons (Fsp3) is 0.565. The number of esters is 1. The summed E-state index contributed by atoms with van der Waals surface area (Å²) in [6.07, 6.45) is -1.67. The molecule has 0 bridgehead atoms. The van der Waals surface area contributed by atoms with E-state index in [1.807, 2.05) is 6.07 Å². The molecule has 2 rings (SSSR count). The molecule has 0 saturated carbocycles. The lowest BCUT2D eigenvalue weighted by atomic mass is 10.1. The molecule has 37 heavy (non-hydrogen) atoms. The molecule has 1 N–H and O–H groups in total. The van der Waals surface area contributed by atoms with E-state index in [0.29, 0.717) is 0 Å². The van der Waals surface area contributed by atoms with Gasteiger partial charge in [-0.25, -0.2) is 9.59 Å². The van der Waals surface area contributed by atoms with Crippen molar-refractivity contribution in [3.05, 3.63) is 35.9 Å². The molecule has 0 aliphatic carbocycles. The average molecular weight is 618 g/mol. The number of rotatable bonds is 10. The van der Waals surface area contributed by atoms with Crippen LogP contribution in [0, 0.1) is 0 Å². The summed E-state index contributed by atoms with van der Waals surface area (Å²) in [5.41, 5.74) is -1.47. The minimum absolute atomic E-state index is 0.0624. The van der Waals surface area contributed by atoms with Crippen LogP contribution in [0.15, 0.2) is 30.3 Å². The zero-order valence-electron chi connectivity index (χ0n) is 20.5. The number of nitrogens with one attached hydrogen (secondary N) is 1. The Morgan fingerprint density at radius 3 is 2.32 bits per heavy atom. The number of benzene rings is 1. The van der Waals surface area contributed by atoms with E-state index >= 15 is 0 Å². The summed E-state index contributed by atoms with van der Waals surface area (Å²) in [5, 5.41) is 1.97. The molecular weight excluding hydrogens is 590 g/mol. The largest absolute Gasteiger partial charge is 0.508 e. The Morgan fingerprint density at radius 1 is 1.14 bits per heavy atom. The molecule has 0 spiro atoms. The normalized spacial score (nSPS) is 19.4. The van der Waals surface area contributed by atoms with E-state index in [9.17, 15) is 19.2 Å². The van der Waals surface area contributed by atoms with Gasteiger partial charge in [0.15, 0.2) is 0 Å². The van der Waals surface area contributed by atoms with E-state index in [1.165, 1.54) is 0 Å². The third-order valence-electron chi connectivity index (χ3n) is 4.60. The van der Waals surface area contributed by atoms with Gasteiger partial charge in [0.05, 0.1) is 6.42 Å². The SMILES string of the molecule is CC(CS[C@@H]1[C@H](NC(=O)Cc2ccccc2)C(=O)N1C(Cl)C(=O)OC(C)(C)C)OC(=O)OCC(Cl)(Cl)Cl. The first-order chi connectivity index (χ1) is 17.1. The Balaban J connectivity index is 2.05. The highest BCUT2D eigenvalue weighted by atomic mass is 35.6. The zero-order chi connectivity index (χ0) is 28.0. The summed E-state index contributed by atoms with van der Waals surface area (Å²) >= 11 is 24.1. The Labute approximate surface area is 239 Å². The maximum atomic E-state index is 12.9. The van der Waals surface area contributed by atoms with Gasteiger partial charge >= 0.3 is 12.1 Å². The number of halogens is 4. The first-order valence-corrected chi connectivity index (χ1v) is 13.7. The highest BCUT2D eigenvalue weighted by Gasteiger charge is 2.53. The third-order valence-corrected chi connectivity index (χ3v) is 6.82. The minimum atomic E-state index is -1.79. The molecule has 1 heterocycles. The first kappa shape index (κ1) is 31.6. The lowest BCUT2D eigenvalue weighted by Crippen LogP contribution is -2.72. The summed E-state index contributed by atoms with van der Waals surface area (Å²) < 4.78 is 13.4. The molecule has 0 aromatic heterocycles. The summed E-state index contributed by atoms with van der Waals surface area (Å²) in [7, 11) is 0. The van der Waals surface area contributed by atoms with Crippen molar-refractivity contribution in [3.63, 3.8) is 0 Å². The first-order valence-electron chi connectivity index (χ1n) is 11.1. The number of likely N-dealkylation sites (tertiary alicyclic amines) is 1. The Bertz CT molecular complexity index is 972. The van der Waals surface area contributed by atoms with Crippen molar-refractivity contribution in [2.75, 3.05) is 12.4 Å². The van der Waals surface area contributed by atoms with Gasteiger partial charge in [0.1, 0.15) is 29.7 Å². The van der Waals surface area contributed by atoms with Crippen LogP contribution in [0.3, 0.4) is 0 Å². The van der Waals surface area contributed by atoms with Gasteiger partial charge in [0, 0.05) is 5.75 Å². The van der Waals surface area contributed by atoms with Crippen molar-refractivity contribution in [2.45, 2.75) is 66.5 Å². The van der Waals surface area contributed by atoms with Crippen LogP contribution in [0.25, 0.3) is 0 Å². The predicted octanol–water partition coefficient (Wildman–Crippen LogP) is 4.43. The monoisotopic (exact) mass is 616 g/mol. The van der Waals surface area contributed by atoms with E-state index in [0.717, 1.165) is 22.2 Å².